The van der Waals surface area contributed by atoms with Crippen LogP contribution in [0.25, 0.3) is 0 Å². The predicted octanol–water partition coefficient (Wildman–Crippen LogP) is 6.69. The summed E-state index contributed by atoms with van der Waals surface area (Å²) in [6.45, 7) is 12.1. The zero-order chi connectivity index (χ0) is 32.3. The molecule has 1 heterocycles. The van der Waals surface area contributed by atoms with E-state index in [1.807, 2.05) is 30.9 Å². The Morgan fingerprint density at radius 3 is 2.23 bits per heavy atom. The number of halogens is 2. The second-order valence-corrected chi connectivity index (χ2v) is 11.2. The fraction of sp³-hybridized carbons (Fsp3) is 0.444. The molecule has 1 aliphatic heterocycles. The Morgan fingerprint density at radius 1 is 0.955 bits per heavy atom. The number of nitrogens with one attached hydrogen (secondary N) is 2. The van der Waals surface area contributed by atoms with Crippen LogP contribution in [0.4, 0.5) is 8.78 Å². The smallest absolute Gasteiger partial charge is 0.254 e. The van der Waals surface area contributed by atoms with Crippen molar-refractivity contribution in [2.75, 3.05) is 33.4 Å². The first-order valence-corrected chi connectivity index (χ1v) is 15.4. The molecule has 3 aromatic rings. The summed E-state index contributed by atoms with van der Waals surface area (Å²) in [5.74, 6) is -0.870. The molecule has 1 aliphatic rings. The molecule has 1 fully saturated rings. The molecule has 44 heavy (non-hydrogen) atoms. The van der Waals surface area contributed by atoms with E-state index in [9.17, 15) is 18.4 Å². The summed E-state index contributed by atoms with van der Waals surface area (Å²) < 4.78 is 29.5. The van der Waals surface area contributed by atoms with E-state index in [1.54, 1.807) is 14.0 Å². The van der Waals surface area contributed by atoms with E-state index in [0.717, 1.165) is 94.1 Å². The Morgan fingerprint density at radius 2 is 1.61 bits per heavy atom. The highest BCUT2D eigenvalue weighted by Crippen LogP contribution is 2.23. The van der Waals surface area contributed by atoms with Crippen molar-refractivity contribution in [2.24, 2.45) is 0 Å². The fourth-order valence-corrected chi connectivity index (χ4v) is 5.18. The van der Waals surface area contributed by atoms with Gasteiger partial charge in [-0.3, -0.25) is 9.59 Å². The lowest BCUT2D eigenvalue weighted by Crippen LogP contribution is -2.36. The molecule has 0 aliphatic carbocycles. The normalized spacial score (nSPS) is 13.8. The molecule has 0 radical (unpaired) electrons. The third kappa shape index (κ3) is 13.8. The number of methoxy groups -OCH3 is 1. The number of benzene rings is 3. The van der Waals surface area contributed by atoms with Crippen LogP contribution < -0.4 is 10.6 Å². The minimum atomic E-state index is -0.521. The number of ether oxygens (including phenoxy) is 1. The summed E-state index contributed by atoms with van der Waals surface area (Å²) in [6, 6.07) is 18.5. The zero-order valence-corrected chi connectivity index (χ0v) is 26.9. The lowest BCUT2D eigenvalue weighted by atomic mass is 10.1. The summed E-state index contributed by atoms with van der Waals surface area (Å²) in [5, 5.41) is 6.00. The van der Waals surface area contributed by atoms with Crippen LogP contribution in [0.3, 0.4) is 0 Å². The van der Waals surface area contributed by atoms with E-state index < -0.39 is 11.6 Å². The molecule has 0 aromatic heterocycles. The average molecular weight is 610 g/mol. The minimum absolute atomic E-state index is 0.172. The van der Waals surface area contributed by atoms with Gasteiger partial charge in [-0.05, 0) is 100 Å². The van der Waals surface area contributed by atoms with Gasteiger partial charge in [-0.25, -0.2) is 8.78 Å². The molecular weight excluding hydrogens is 560 g/mol. The van der Waals surface area contributed by atoms with Crippen molar-refractivity contribution < 1.29 is 23.1 Å². The molecule has 1 unspecified atom stereocenters. The number of hydrogen-bond donors (Lipinski definition) is 2. The summed E-state index contributed by atoms with van der Waals surface area (Å²) >= 11 is 0. The monoisotopic (exact) mass is 609 g/mol. The van der Waals surface area contributed by atoms with Gasteiger partial charge in [-0.15, -0.1) is 0 Å². The number of carbonyl (C=O) groups is 2. The Balaban J connectivity index is 0.000000244. The lowest BCUT2D eigenvalue weighted by Gasteiger charge is -2.25. The molecule has 1 saturated heterocycles. The van der Waals surface area contributed by atoms with Crippen molar-refractivity contribution >= 4 is 12.3 Å². The molecule has 2 amide bonds. The third-order valence-electron chi connectivity index (χ3n) is 7.26. The molecule has 0 bridgehead atoms. The maximum atomic E-state index is 12.6. The Labute approximate surface area is 262 Å². The van der Waals surface area contributed by atoms with E-state index in [4.69, 9.17) is 4.74 Å². The molecule has 240 valence electrons. The molecule has 1 atom stereocenters. The average Bonchev–Trinajstić information content (AvgIpc) is 3.45. The molecule has 6 nitrogen and oxygen atoms in total. The van der Waals surface area contributed by atoms with Gasteiger partial charge in [0.25, 0.3) is 5.91 Å². The molecule has 2 N–H and O–H groups in total. The van der Waals surface area contributed by atoms with Crippen molar-refractivity contribution in [3.8, 4) is 0 Å². The molecule has 3 aromatic carbocycles. The van der Waals surface area contributed by atoms with E-state index in [0.29, 0.717) is 11.6 Å². The maximum Gasteiger partial charge on any atom is 0.254 e. The zero-order valence-electron chi connectivity index (χ0n) is 26.9. The van der Waals surface area contributed by atoms with Gasteiger partial charge in [0, 0.05) is 51.0 Å². The van der Waals surface area contributed by atoms with Gasteiger partial charge in [-0.2, -0.15) is 0 Å². The maximum absolute atomic E-state index is 12.6. The minimum Gasteiger partial charge on any atom is -0.385 e. The van der Waals surface area contributed by atoms with Crippen LogP contribution in [0.1, 0.15) is 70.8 Å². The number of amides is 2. The van der Waals surface area contributed by atoms with Crippen LogP contribution in [0.2, 0.25) is 0 Å². The van der Waals surface area contributed by atoms with Gasteiger partial charge >= 0.3 is 0 Å². The van der Waals surface area contributed by atoms with Gasteiger partial charge in [0.2, 0.25) is 6.41 Å². The van der Waals surface area contributed by atoms with E-state index >= 15 is 0 Å². The van der Waals surface area contributed by atoms with E-state index in [1.165, 1.54) is 23.3 Å². The van der Waals surface area contributed by atoms with E-state index in [-0.39, 0.29) is 5.91 Å². The number of nitrogens with zero attached hydrogens (tertiary/aromatic N) is 1. The summed E-state index contributed by atoms with van der Waals surface area (Å²) in [5.41, 5.74) is 6.42. The van der Waals surface area contributed by atoms with Crippen molar-refractivity contribution in [1.82, 2.24) is 15.5 Å². The molecule has 8 heteroatoms. The van der Waals surface area contributed by atoms with Crippen LogP contribution in [-0.4, -0.2) is 56.6 Å². The van der Waals surface area contributed by atoms with Gasteiger partial charge in [0.05, 0.1) is 0 Å². The first kappa shape index (κ1) is 36.6. The number of likely N-dealkylation sites (tertiary alicyclic amines) is 1. The third-order valence-corrected chi connectivity index (χ3v) is 7.26. The van der Waals surface area contributed by atoms with Crippen molar-refractivity contribution in [3.05, 3.63) is 106 Å². The van der Waals surface area contributed by atoms with Crippen LogP contribution in [0, 0.1) is 32.4 Å². The highest BCUT2D eigenvalue weighted by atomic mass is 19.1. The summed E-state index contributed by atoms with van der Waals surface area (Å²) in [7, 11) is 1.71. The molecule has 4 rings (SSSR count). The van der Waals surface area contributed by atoms with Gasteiger partial charge in [0.1, 0.15) is 11.6 Å². The van der Waals surface area contributed by atoms with Crippen LogP contribution >= 0.6 is 0 Å². The van der Waals surface area contributed by atoms with Crippen molar-refractivity contribution in [2.45, 2.75) is 72.4 Å². The van der Waals surface area contributed by atoms with Crippen molar-refractivity contribution in [3.63, 3.8) is 0 Å². The van der Waals surface area contributed by atoms with Crippen LogP contribution in [-0.2, 0) is 22.5 Å². The SMILES string of the molecule is CCc1cccc(CNCCCNC=O)c1.COCCC1CCCN1C(=O)c1cc(C)cc(C)c1.Cc1cc(F)cc(F)c1. The number of aryl methyl sites for hydroxylation is 4. The number of hydrogen-bond acceptors (Lipinski definition) is 4. The van der Waals surface area contributed by atoms with Crippen molar-refractivity contribution in [1.29, 1.82) is 0 Å². The van der Waals surface area contributed by atoms with Gasteiger partial charge in [-0.1, -0.05) is 48.4 Å². The summed E-state index contributed by atoms with van der Waals surface area (Å²) in [4.78, 5) is 24.6. The van der Waals surface area contributed by atoms with Gasteiger partial charge < -0.3 is 20.3 Å². The molecule has 0 saturated carbocycles. The lowest BCUT2D eigenvalue weighted by molar-refractivity contribution is -0.109. The number of carbonyl (C=O) groups excluding carboxylic acids is 2. The highest BCUT2D eigenvalue weighted by Gasteiger charge is 2.29. The fourth-order valence-electron chi connectivity index (χ4n) is 5.18. The second kappa shape index (κ2) is 20.4. The summed E-state index contributed by atoms with van der Waals surface area (Å²) in [6.07, 6.45) is 5.92. The largest absolute Gasteiger partial charge is 0.385 e. The quantitative estimate of drug-likeness (QED) is 0.177. The Bertz CT molecular complexity index is 1230. The first-order chi connectivity index (χ1) is 21.2. The standard InChI is InChI=1S/C16H23NO2.C13H20N2O.C7H6F2/c1-12-9-13(2)11-14(10-12)16(18)17-7-4-5-15(17)6-8-19-3;1-2-12-5-3-6-13(9-12)10-14-7-4-8-15-11-16;1-5-2-6(8)4-7(9)3-5/h9-11,15H,4-8H2,1-3H3;3,5-6,9,11,14H,2,4,7-8,10H2,1H3,(H,15,16);2-4H,1H3. The molecular formula is C36H49F2N3O3. The van der Waals surface area contributed by atoms with E-state index in [2.05, 4.69) is 47.9 Å². The predicted molar refractivity (Wildman–Crippen MR) is 174 cm³/mol. The van der Waals surface area contributed by atoms with Gasteiger partial charge in [0.15, 0.2) is 0 Å². The molecule has 0 spiro atoms. The Kier molecular flexibility index (Phi) is 16.9. The highest BCUT2D eigenvalue weighted by molar-refractivity contribution is 5.95. The number of rotatable bonds is 12. The topological polar surface area (TPSA) is 70.7 Å². The Hall–Kier alpha value is -3.62. The van der Waals surface area contributed by atoms with Crippen LogP contribution in [0.5, 0.6) is 0 Å². The van der Waals surface area contributed by atoms with Crippen LogP contribution in [0.15, 0.2) is 60.7 Å². The second-order valence-electron chi connectivity index (χ2n) is 11.2. The first-order valence-electron chi connectivity index (χ1n) is 15.4.